The van der Waals surface area contributed by atoms with E-state index < -0.39 is 49.6 Å². The molecular formula is C12H8F4N2O2S. The molecule has 0 atom stereocenters. The number of rotatable bonds is 3. The van der Waals surface area contributed by atoms with Crippen molar-refractivity contribution >= 4 is 21.4 Å². The summed E-state index contributed by atoms with van der Waals surface area (Å²) in [5.41, 5.74) is 3.79. The molecule has 0 heterocycles. The third-order valence-electron chi connectivity index (χ3n) is 2.51. The third-order valence-corrected chi connectivity index (χ3v) is 3.95. The number of nitrogen functional groups attached to an aromatic ring is 1. The van der Waals surface area contributed by atoms with E-state index in [4.69, 9.17) is 5.73 Å². The van der Waals surface area contributed by atoms with Crippen molar-refractivity contribution in [3.8, 4) is 0 Å². The molecule has 2 aromatic carbocycles. The lowest BCUT2D eigenvalue weighted by Crippen LogP contribution is -2.18. The zero-order valence-corrected chi connectivity index (χ0v) is 11.0. The molecule has 2 rings (SSSR count). The van der Waals surface area contributed by atoms with Gasteiger partial charge in [-0.1, -0.05) is 6.07 Å². The summed E-state index contributed by atoms with van der Waals surface area (Å²) in [5, 5.41) is 0. The summed E-state index contributed by atoms with van der Waals surface area (Å²) in [6.45, 7) is 0. The van der Waals surface area contributed by atoms with Gasteiger partial charge in [-0.2, -0.15) is 0 Å². The van der Waals surface area contributed by atoms with Crippen LogP contribution in [0.4, 0.5) is 28.9 Å². The van der Waals surface area contributed by atoms with Crippen molar-refractivity contribution in [3.63, 3.8) is 0 Å². The average molecular weight is 320 g/mol. The molecule has 0 aliphatic carbocycles. The standard InChI is InChI=1S/C12H8F4N2O2S/c13-6-4-8(15)11(9(16)5-6)18-21(19,20)12-7(14)2-1-3-10(12)17/h1-5,18H,17H2. The van der Waals surface area contributed by atoms with E-state index in [1.54, 1.807) is 0 Å². The summed E-state index contributed by atoms with van der Waals surface area (Å²) in [7, 11) is -4.68. The fourth-order valence-corrected chi connectivity index (χ4v) is 2.90. The van der Waals surface area contributed by atoms with Crippen molar-refractivity contribution < 1.29 is 26.0 Å². The number of benzene rings is 2. The Morgan fingerprint density at radius 2 is 1.52 bits per heavy atom. The van der Waals surface area contributed by atoms with E-state index in [-0.39, 0.29) is 12.1 Å². The first kappa shape index (κ1) is 15.1. The summed E-state index contributed by atoms with van der Waals surface area (Å²) in [5.74, 6) is -5.37. The van der Waals surface area contributed by atoms with Gasteiger partial charge in [0.1, 0.15) is 22.2 Å². The normalized spacial score (nSPS) is 11.4. The van der Waals surface area contributed by atoms with E-state index in [1.165, 1.54) is 10.8 Å². The first-order valence-corrected chi connectivity index (χ1v) is 6.92. The van der Waals surface area contributed by atoms with E-state index in [9.17, 15) is 26.0 Å². The maximum atomic E-state index is 13.6. The Labute approximate surface area is 117 Å². The number of halogens is 4. The first-order valence-electron chi connectivity index (χ1n) is 5.43. The highest BCUT2D eigenvalue weighted by molar-refractivity contribution is 7.92. The topological polar surface area (TPSA) is 72.2 Å². The van der Waals surface area contributed by atoms with Gasteiger partial charge in [-0.3, -0.25) is 4.72 Å². The van der Waals surface area contributed by atoms with E-state index in [1.807, 2.05) is 0 Å². The second-order valence-electron chi connectivity index (χ2n) is 4.01. The largest absolute Gasteiger partial charge is 0.398 e. The third kappa shape index (κ3) is 2.92. The summed E-state index contributed by atoms with van der Waals surface area (Å²) >= 11 is 0. The van der Waals surface area contributed by atoms with Crippen molar-refractivity contribution in [2.75, 3.05) is 10.5 Å². The molecule has 0 bridgehead atoms. The highest BCUT2D eigenvalue weighted by atomic mass is 32.2. The number of nitrogens with two attached hydrogens (primary N) is 1. The van der Waals surface area contributed by atoms with Gasteiger partial charge < -0.3 is 5.73 Å². The van der Waals surface area contributed by atoms with E-state index in [0.717, 1.165) is 12.1 Å². The summed E-state index contributed by atoms with van der Waals surface area (Å²) in [6.07, 6.45) is 0. The quantitative estimate of drug-likeness (QED) is 0.674. The smallest absolute Gasteiger partial charge is 0.267 e. The van der Waals surface area contributed by atoms with Crippen LogP contribution < -0.4 is 10.5 Å². The Morgan fingerprint density at radius 3 is 2.05 bits per heavy atom. The molecule has 0 aliphatic heterocycles. The molecule has 0 spiro atoms. The molecule has 0 radical (unpaired) electrons. The highest BCUT2D eigenvalue weighted by Crippen LogP contribution is 2.27. The summed E-state index contributed by atoms with van der Waals surface area (Å²) in [6, 6.07) is 3.66. The predicted molar refractivity (Wildman–Crippen MR) is 67.9 cm³/mol. The van der Waals surface area contributed by atoms with Crippen LogP contribution >= 0.6 is 0 Å². The SMILES string of the molecule is Nc1cccc(F)c1S(=O)(=O)Nc1c(F)cc(F)cc1F. The average Bonchev–Trinajstić information content (AvgIpc) is 2.33. The fraction of sp³-hybridized carbons (Fsp3) is 0. The van der Waals surface area contributed by atoms with Gasteiger partial charge in [0.2, 0.25) is 0 Å². The minimum absolute atomic E-state index is 0.283. The van der Waals surface area contributed by atoms with Crippen LogP contribution in [0.3, 0.4) is 0 Å². The molecule has 2 aromatic rings. The van der Waals surface area contributed by atoms with Gasteiger partial charge in [0.15, 0.2) is 11.6 Å². The summed E-state index contributed by atoms with van der Waals surface area (Å²) in [4.78, 5) is -0.951. The zero-order valence-electron chi connectivity index (χ0n) is 10.2. The lowest BCUT2D eigenvalue weighted by Gasteiger charge is -2.12. The van der Waals surface area contributed by atoms with Gasteiger partial charge >= 0.3 is 0 Å². The second kappa shape index (κ2) is 5.24. The lowest BCUT2D eigenvalue weighted by atomic mass is 10.3. The Morgan fingerprint density at radius 1 is 0.952 bits per heavy atom. The summed E-state index contributed by atoms with van der Waals surface area (Å²) < 4.78 is 78.6. The second-order valence-corrected chi connectivity index (χ2v) is 5.63. The molecule has 0 saturated heterocycles. The van der Waals surface area contributed by atoms with Crippen molar-refractivity contribution in [2.24, 2.45) is 0 Å². The van der Waals surface area contributed by atoms with Gasteiger partial charge in [0.05, 0.1) is 5.69 Å². The minimum atomic E-state index is -4.68. The van der Waals surface area contributed by atoms with Gasteiger partial charge in [-0.25, -0.2) is 26.0 Å². The molecule has 0 saturated carbocycles. The van der Waals surface area contributed by atoms with E-state index >= 15 is 0 Å². The van der Waals surface area contributed by atoms with Crippen molar-refractivity contribution in [1.29, 1.82) is 0 Å². The monoisotopic (exact) mass is 320 g/mol. The first-order chi connectivity index (χ1) is 9.72. The Bertz CT molecular complexity index is 766. The van der Waals surface area contributed by atoms with Crippen LogP contribution in [0.25, 0.3) is 0 Å². The molecule has 0 aliphatic rings. The van der Waals surface area contributed by atoms with Gasteiger partial charge in [0.25, 0.3) is 10.0 Å². The number of anilines is 2. The van der Waals surface area contributed by atoms with Crippen molar-refractivity contribution in [2.45, 2.75) is 4.90 Å². The molecule has 4 nitrogen and oxygen atoms in total. The number of hydrogen-bond donors (Lipinski definition) is 2. The lowest BCUT2D eigenvalue weighted by molar-refractivity contribution is 0.546. The molecular weight excluding hydrogens is 312 g/mol. The van der Waals surface area contributed by atoms with Crippen LogP contribution in [0.15, 0.2) is 35.2 Å². The van der Waals surface area contributed by atoms with Crippen LogP contribution in [0.1, 0.15) is 0 Å². The maximum absolute atomic E-state index is 13.6. The minimum Gasteiger partial charge on any atom is -0.398 e. The molecule has 0 fully saturated rings. The zero-order chi connectivity index (χ0) is 15.8. The molecule has 21 heavy (non-hydrogen) atoms. The van der Waals surface area contributed by atoms with Crippen LogP contribution in [-0.4, -0.2) is 8.42 Å². The molecule has 3 N–H and O–H groups in total. The highest BCUT2D eigenvalue weighted by Gasteiger charge is 2.25. The van der Waals surface area contributed by atoms with Crippen LogP contribution in [0.5, 0.6) is 0 Å². The Balaban J connectivity index is 2.53. The van der Waals surface area contributed by atoms with Gasteiger partial charge in [-0.15, -0.1) is 0 Å². The molecule has 0 aromatic heterocycles. The molecule has 9 heteroatoms. The van der Waals surface area contributed by atoms with Crippen molar-refractivity contribution in [3.05, 3.63) is 53.6 Å². The molecule has 112 valence electrons. The van der Waals surface area contributed by atoms with E-state index in [2.05, 4.69) is 0 Å². The van der Waals surface area contributed by atoms with E-state index in [0.29, 0.717) is 0 Å². The van der Waals surface area contributed by atoms with Crippen LogP contribution in [0, 0.1) is 23.3 Å². The van der Waals surface area contributed by atoms with Crippen LogP contribution in [0.2, 0.25) is 0 Å². The number of hydrogen-bond acceptors (Lipinski definition) is 3. The Kier molecular flexibility index (Phi) is 3.77. The van der Waals surface area contributed by atoms with Crippen molar-refractivity contribution in [1.82, 2.24) is 0 Å². The number of nitrogens with one attached hydrogen (secondary N) is 1. The maximum Gasteiger partial charge on any atom is 0.267 e. The van der Waals surface area contributed by atoms with Gasteiger partial charge in [-0.05, 0) is 12.1 Å². The molecule has 0 amide bonds. The number of sulfonamides is 1. The molecule has 0 unspecified atom stereocenters. The van der Waals surface area contributed by atoms with Crippen LogP contribution in [-0.2, 0) is 10.0 Å². The Hall–Kier alpha value is -2.29. The fourth-order valence-electron chi connectivity index (χ4n) is 1.63. The predicted octanol–water partition coefficient (Wildman–Crippen LogP) is 2.63. The van der Waals surface area contributed by atoms with Gasteiger partial charge in [0, 0.05) is 12.1 Å².